The van der Waals surface area contributed by atoms with Crippen LogP contribution < -0.4 is 0 Å². The average molecular weight is 256 g/mol. The Morgan fingerprint density at radius 1 is 1.22 bits per heavy atom. The second-order valence-corrected chi connectivity index (χ2v) is 5.18. The summed E-state index contributed by atoms with van der Waals surface area (Å²) in [6, 6.07) is 0. The Morgan fingerprint density at radius 3 is 2.44 bits per heavy atom. The lowest BCUT2D eigenvalue weighted by molar-refractivity contribution is -0.144. The number of carboxylic acids is 1. The Bertz CT molecular complexity index is 288. The molecule has 4 nitrogen and oxygen atoms in total. The van der Waals surface area contributed by atoms with Gasteiger partial charge in [-0.15, -0.1) is 0 Å². The number of carbonyl (C=O) groups excluding carboxylic acids is 1. The van der Waals surface area contributed by atoms with Gasteiger partial charge in [-0.1, -0.05) is 46.0 Å². The highest BCUT2D eigenvalue weighted by Crippen LogP contribution is 2.31. The van der Waals surface area contributed by atoms with Gasteiger partial charge in [-0.05, 0) is 12.8 Å². The van der Waals surface area contributed by atoms with Crippen LogP contribution in [-0.2, 0) is 14.3 Å². The first-order valence-electron chi connectivity index (χ1n) is 7.01. The molecule has 1 saturated heterocycles. The molecule has 0 aromatic heterocycles. The van der Waals surface area contributed by atoms with Crippen molar-refractivity contribution in [1.29, 1.82) is 0 Å². The monoisotopic (exact) mass is 256 g/mol. The van der Waals surface area contributed by atoms with Crippen LogP contribution in [0.4, 0.5) is 0 Å². The number of esters is 1. The predicted octanol–water partition coefficient (Wildman–Crippen LogP) is 3.00. The summed E-state index contributed by atoms with van der Waals surface area (Å²) >= 11 is 0. The van der Waals surface area contributed by atoms with Crippen LogP contribution in [0.15, 0.2) is 0 Å². The summed E-state index contributed by atoms with van der Waals surface area (Å²) in [4.78, 5) is 22.5. The van der Waals surface area contributed by atoms with E-state index in [1.165, 1.54) is 25.7 Å². The standard InChI is InChI=1S/C14H24O4/c1-3-4-5-6-7-8-9-11-12(13(15)16)10(2)14(17)18-11/h10-12H,3-9H2,1-2H3,(H,15,16)/t10?,11-,12?/m1/s1. The van der Waals surface area contributed by atoms with E-state index in [0.29, 0.717) is 6.42 Å². The third-order valence-electron chi connectivity index (χ3n) is 3.71. The number of cyclic esters (lactones) is 1. The maximum atomic E-state index is 11.4. The van der Waals surface area contributed by atoms with Gasteiger partial charge in [0.25, 0.3) is 0 Å². The molecule has 1 N–H and O–H groups in total. The molecule has 2 unspecified atom stereocenters. The van der Waals surface area contributed by atoms with Gasteiger partial charge in [0.1, 0.15) is 12.0 Å². The van der Waals surface area contributed by atoms with Crippen molar-refractivity contribution in [1.82, 2.24) is 0 Å². The minimum absolute atomic E-state index is 0.363. The minimum Gasteiger partial charge on any atom is -0.481 e. The summed E-state index contributed by atoms with van der Waals surface area (Å²) in [6.45, 7) is 3.82. The Kier molecular flexibility index (Phi) is 6.16. The fourth-order valence-corrected chi connectivity index (χ4v) is 2.54. The van der Waals surface area contributed by atoms with Crippen molar-refractivity contribution in [2.24, 2.45) is 11.8 Å². The Balaban J connectivity index is 2.28. The molecule has 104 valence electrons. The fourth-order valence-electron chi connectivity index (χ4n) is 2.54. The molecule has 0 spiro atoms. The highest BCUT2D eigenvalue weighted by molar-refractivity contribution is 5.84. The van der Waals surface area contributed by atoms with E-state index in [1.807, 2.05) is 0 Å². The highest BCUT2D eigenvalue weighted by Gasteiger charge is 2.45. The normalized spacial score (nSPS) is 27.2. The molecule has 1 aliphatic heterocycles. The summed E-state index contributed by atoms with van der Waals surface area (Å²) in [6.07, 6.45) is 7.19. The average Bonchev–Trinajstić information content (AvgIpc) is 2.59. The maximum Gasteiger partial charge on any atom is 0.311 e. The van der Waals surface area contributed by atoms with Crippen LogP contribution in [0.1, 0.15) is 58.8 Å². The van der Waals surface area contributed by atoms with Crippen molar-refractivity contribution in [2.75, 3.05) is 0 Å². The smallest absolute Gasteiger partial charge is 0.311 e. The summed E-state index contributed by atoms with van der Waals surface area (Å²) in [5.74, 6) is -2.44. The van der Waals surface area contributed by atoms with Crippen LogP contribution in [0, 0.1) is 11.8 Å². The second kappa shape index (κ2) is 7.39. The fraction of sp³-hybridized carbons (Fsp3) is 0.857. The van der Waals surface area contributed by atoms with Gasteiger partial charge in [-0.3, -0.25) is 9.59 Å². The van der Waals surface area contributed by atoms with Gasteiger partial charge in [0.15, 0.2) is 0 Å². The van der Waals surface area contributed by atoms with Crippen molar-refractivity contribution >= 4 is 11.9 Å². The predicted molar refractivity (Wildman–Crippen MR) is 68.2 cm³/mol. The summed E-state index contributed by atoms with van der Waals surface area (Å²) < 4.78 is 5.16. The lowest BCUT2D eigenvalue weighted by Gasteiger charge is -2.15. The maximum absolute atomic E-state index is 11.4. The molecule has 1 fully saturated rings. The number of unbranched alkanes of at least 4 members (excludes halogenated alkanes) is 5. The van der Waals surface area contributed by atoms with E-state index in [4.69, 9.17) is 9.84 Å². The lowest BCUT2D eigenvalue weighted by Crippen LogP contribution is -2.27. The van der Waals surface area contributed by atoms with E-state index >= 15 is 0 Å². The third kappa shape index (κ3) is 4.00. The minimum atomic E-state index is -0.913. The highest BCUT2D eigenvalue weighted by atomic mass is 16.6. The molecule has 0 saturated carbocycles. The van der Waals surface area contributed by atoms with Gasteiger partial charge < -0.3 is 9.84 Å². The first kappa shape index (κ1) is 15.0. The number of rotatable bonds is 8. The molecule has 3 atom stereocenters. The number of hydrogen-bond donors (Lipinski definition) is 1. The number of carboxylic acid groups (broad SMARTS) is 1. The first-order valence-corrected chi connectivity index (χ1v) is 7.01. The van der Waals surface area contributed by atoms with Crippen LogP contribution in [0.2, 0.25) is 0 Å². The lowest BCUT2D eigenvalue weighted by atomic mass is 9.89. The molecule has 0 amide bonds. The van der Waals surface area contributed by atoms with Gasteiger partial charge in [0, 0.05) is 0 Å². The summed E-state index contributed by atoms with van der Waals surface area (Å²) in [7, 11) is 0. The molecule has 0 aromatic carbocycles. The second-order valence-electron chi connectivity index (χ2n) is 5.18. The van der Waals surface area contributed by atoms with Gasteiger partial charge >= 0.3 is 11.9 Å². The van der Waals surface area contributed by atoms with Crippen molar-refractivity contribution in [3.8, 4) is 0 Å². The summed E-state index contributed by atoms with van der Waals surface area (Å²) in [5.41, 5.74) is 0. The molecule has 1 rings (SSSR count). The number of carbonyl (C=O) groups is 2. The molecular weight excluding hydrogens is 232 g/mol. The molecular formula is C14H24O4. The van der Waals surface area contributed by atoms with E-state index in [9.17, 15) is 9.59 Å². The van der Waals surface area contributed by atoms with Gasteiger partial charge in [0.2, 0.25) is 0 Å². The Hall–Kier alpha value is -1.06. The molecule has 18 heavy (non-hydrogen) atoms. The Labute approximate surface area is 109 Å². The van der Waals surface area contributed by atoms with Crippen molar-refractivity contribution in [3.63, 3.8) is 0 Å². The van der Waals surface area contributed by atoms with Crippen LogP contribution >= 0.6 is 0 Å². The quantitative estimate of drug-likeness (QED) is 0.535. The SMILES string of the molecule is CCCCCCCC[C@H]1OC(=O)C(C)C1C(=O)O. The van der Waals surface area contributed by atoms with E-state index in [0.717, 1.165) is 12.8 Å². The van der Waals surface area contributed by atoms with Gasteiger partial charge in [0.05, 0.1) is 5.92 Å². The molecule has 1 aliphatic rings. The van der Waals surface area contributed by atoms with E-state index < -0.39 is 23.9 Å². The Morgan fingerprint density at radius 2 is 1.83 bits per heavy atom. The molecule has 0 aromatic rings. The van der Waals surface area contributed by atoms with Crippen molar-refractivity contribution in [3.05, 3.63) is 0 Å². The molecule has 0 aliphatic carbocycles. The van der Waals surface area contributed by atoms with Gasteiger partial charge in [-0.2, -0.15) is 0 Å². The zero-order valence-electron chi connectivity index (χ0n) is 11.4. The van der Waals surface area contributed by atoms with E-state index in [-0.39, 0.29) is 5.97 Å². The van der Waals surface area contributed by atoms with Crippen LogP contribution in [0.5, 0.6) is 0 Å². The van der Waals surface area contributed by atoms with Crippen LogP contribution in [0.25, 0.3) is 0 Å². The number of aliphatic carboxylic acids is 1. The first-order chi connectivity index (χ1) is 8.57. The van der Waals surface area contributed by atoms with Crippen molar-refractivity contribution < 1.29 is 19.4 Å². The van der Waals surface area contributed by atoms with Crippen LogP contribution in [0.3, 0.4) is 0 Å². The molecule has 0 radical (unpaired) electrons. The van der Waals surface area contributed by atoms with Crippen LogP contribution in [-0.4, -0.2) is 23.1 Å². The van der Waals surface area contributed by atoms with E-state index in [2.05, 4.69) is 6.92 Å². The molecule has 4 heteroatoms. The third-order valence-corrected chi connectivity index (χ3v) is 3.71. The largest absolute Gasteiger partial charge is 0.481 e. The topological polar surface area (TPSA) is 63.6 Å². The zero-order valence-corrected chi connectivity index (χ0v) is 11.4. The zero-order chi connectivity index (χ0) is 13.5. The van der Waals surface area contributed by atoms with Crippen molar-refractivity contribution in [2.45, 2.75) is 64.9 Å². The van der Waals surface area contributed by atoms with Gasteiger partial charge in [-0.25, -0.2) is 0 Å². The summed E-state index contributed by atoms with van der Waals surface area (Å²) in [5, 5.41) is 9.11. The molecule has 0 bridgehead atoms. The van der Waals surface area contributed by atoms with E-state index in [1.54, 1.807) is 6.92 Å². The number of ether oxygens (including phenoxy) is 1. The molecule has 1 heterocycles. The number of hydrogen-bond acceptors (Lipinski definition) is 3.